The van der Waals surface area contributed by atoms with Crippen molar-refractivity contribution in [2.75, 3.05) is 0 Å². The van der Waals surface area contributed by atoms with Gasteiger partial charge in [0.2, 0.25) is 0 Å². The quantitative estimate of drug-likeness (QED) is 0.638. The highest BCUT2D eigenvalue weighted by atomic mass is 16.4. The summed E-state index contributed by atoms with van der Waals surface area (Å²) in [6.07, 6.45) is 2.28. The van der Waals surface area contributed by atoms with E-state index in [1.165, 1.54) is 0 Å². The van der Waals surface area contributed by atoms with Crippen LogP contribution in [0, 0.1) is 11.8 Å². The van der Waals surface area contributed by atoms with Crippen LogP contribution in [0.15, 0.2) is 0 Å². The monoisotopic (exact) mass is 157 g/mol. The van der Waals surface area contributed by atoms with Crippen molar-refractivity contribution in [1.29, 1.82) is 0 Å². The van der Waals surface area contributed by atoms with Crippen molar-refractivity contribution in [3.8, 4) is 0 Å². The maximum absolute atomic E-state index is 10.7. The van der Waals surface area contributed by atoms with Crippen LogP contribution >= 0.6 is 0 Å². The van der Waals surface area contributed by atoms with Gasteiger partial charge in [0.15, 0.2) is 0 Å². The molecule has 0 radical (unpaired) electrons. The van der Waals surface area contributed by atoms with Crippen LogP contribution in [0.2, 0.25) is 0 Å². The summed E-state index contributed by atoms with van der Waals surface area (Å²) < 4.78 is 0. The smallest absolute Gasteiger partial charge is 0.323 e. The van der Waals surface area contributed by atoms with Crippen LogP contribution < -0.4 is 5.73 Å². The molecule has 3 heteroatoms. The average Bonchev–Trinajstić information content (AvgIpc) is 2.66. The lowest BCUT2D eigenvalue weighted by Crippen LogP contribution is -2.51. The highest BCUT2D eigenvalue weighted by molar-refractivity contribution is 5.78. The first-order valence-electron chi connectivity index (χ1n) is 3.98. The minimum atomic E-state index is -1.04. The van der Waals surface area contributed by atoms with Crippen molar-refractivity contribution in [3.63, 3.8) is 0 Å². The minimum absolute atomic E-state index is 0.0972. The van der Waals surface area contributed by atoms with Gasteiger partial charge in [-0.3, -0.25) is 4.79 Å². The molecule has 2 unspecified atom stereocenters. The molecule has 1 aliphatic carbocycles. The molecule has 11 heavy (non-hydrogen) atoms. The molecular formula is C8H15NO2. The molecule has 3 nitrogen and oxygen atoms in total. The molecule has 0 aromatic rings. The van der Waals surface area contributed by atoms with E-state index < -0.39 is 11.5 Å². The number of carbonyl (C=O) groups is 1. The lowest BCUT2D eigenvalue weighted by molar-refractivity contribution is -0.144. The lowest BCUT2D eigenvalue weighted by atomic mass is 9.84. The predicted octanol–water partition coefficient (Wildman–Crippen LogP) is 0.834. The maximum Gasteiger partial charge on any atom is 0.323 e. The van der Waals surface area contributed by atoms with Crippen LogP contribution in [-0.2, 0) is 4.79 Å². The summed E-state index contributed by atoms with van der Waals surface area (Å²) in [6, 6.07) is 0. The van der Waals surface area contributed by atoms with Crippen LogP contribution in [0.5, 0.6) is 0 Å². The molecule has 1 aliphatic rings. The number of rotatable bonds is 3. The molecule has 0 saturated heterocycles. The molecular weight excluding hydrogens is 142 g/mol. The summed E-state index contributed by atoms with van der Waals surface area (Å²) in [5.41, 5.74) is 4.60. The third-order valence-electron chi connectivity index (χ3n) is 2.74. The van der Waals surface area contributed by atoms with Gasteiger partial charge < -0.3 is 10.8 Å². The molecule has 0 amide bonds. The standard InChI is InChI=1S/C8H15NO2/c1-5(6-3-4-6)8(2,9)7(10)11/h5-6H,3-4,9H2,1-2H3,(H,10,11). The summed E-state index contributed by atoms with van der Waals surface area (Å²) in [5.74, 6) is -0.252. The van der Waals surface area contributed by atoms with Crippen LogP contribution in [0.4, 0.5) is 0 Å². The number of aliphatic carboxylic acids is 1. The van der Waals surface area contributed by atoms with E-state index in [1.54, 1.807) is 6.92 Å². The lowest BCUT2D eigenvalue weighted by Gasteiger charge is -2.26. The first-order valence-corrected chi connectivity index (χ1v) is 3.98. The molecule has 1 rings (SSSR count). The highest BCUT2D eigenvalue weighted by Crippen LogP contribution is 2.40. The van der Waals surface area contributed by atoms with Gasteiger partial charge in [-0.15, -0.1) is 0 Å². The summed E-state index contributed by atoms with van der Waals surface area (Å²) in [5, 5.41) is 8.76. The molecule has 1 saturated carbocycles. The van der Waals surface area contributed by atoms with Crippen LogP contribution in [0.1, 0.15) is 26.7 Å². The van der Waals surface area contributed by atoms with Crippen LogP contribution in [0.3, 0.4) is 0 Å². The maximum atomic E-state index is 10.7. The molecule has 1 fully saturated rings. The Morgan fingerprint density at radius 1 is 1.73 bits per heavy atom. The Kier molecular flexibility index (Phi) is 1.92. The Labute approximate surface area is 66.6 Å². The van der Waals surface area contributed by atoms with Gasteiger partial charge in [0, 0.05) is 0 Å². The number of hydrogen-bond donors (Lipinski definition) is 2. The molecule has 64 valence electrons. The fourth-order valence-electron chi connectivity index (χ4n) is 1.28. The van der Waals surface area contributed by atoms with Gasteiger partial charge in [-0.1, -0.05) is 6.92 Å². The molecule has 0 aliphatic heterocycles. The van der Waals surface area contributed by atoms with Crippen molar-refractivity contribution in [2.24, 2.45) is 17.6 Å². The van der Waals surface area contributed by atoms with E-state index in [4.69, 9.17) is 10.8 Å². The Bertz CT molecular complexity index is 173. The van der Waals surface area contributed by atoms with E-state index in [0.29, 0.717) is 5.92 Å². The zero-order valence-electron chi connectivity index (χ0n) is 7.00. The van der Waals surface area contributed by atoms with E-state index in [2.05, 4.69) is 0 Å². The molecule has 0 aromatic carbocycles. The zero-order valence-corrected chi connectivity index (χ0v) is 7.00. The number of nitrogens with two attached hydrogens (primary N) is 1. The summed E-state index contributed by atoms with van der Waals surface area (Å²) in [4.78, 5) is 10.7. The highest BCUT2D eigenvalue weighted by Gasteiger charge is 2.43. The molecule has 2 atom stereocenters. The van der Waals surface area contributed by atoms with Crippen molar-refractivity contribution in [3.05, 3.63) is 0 Å². The van der Waals surface area contributed by atoms with E-state index in [9.17, 15) is 4.79 Å². The van der Waals surface area contributed by atoms with Crippen molar-refractivity contribution >= 4 is 5.97 Å². The third kappa shape index (κ3) is 1.53. The number of carboxylic acid groups (broad SMARTS) is 1. The second kappa shape index (κ2) is 2.48. The Morgan fingerprint density at radius 2 is 2.18 bits per heavy atom. The van der Waals surface area contributed by atoms with Gasteiger partial charge >= 0.3 is 5.97 Å². The topological polar surface area (TPSA) is 63.3 Å². The summed E-state index contributed by atoms with van der Waals surface area (Å²) in [6.45, 7) is 3.52. The normalized spacial score (nSPS) is 25.7. The Balaban J connectivity index is 2.61. The van der Waals surface area contributed by atoms with Crippen molar-refractivity contribution in [2.45, 2.75) is 32.2 Å². The number of hydrogen-bond acceptors (Lipinski definition) is 2. The van der Waals surface area contributed by atoms with Gasteiger partial charge in [-0.25, -0.2) is 0 Å². The second-order valence-electron chi connectivity index (χ2n) is 3.71. The fraction of sp³-hybridized carbons (Fsp3) is 0.875. The molecule has 0 aromatic heterocycles. The van der Waals surface area contributed by atoms with Gasteiger partial charge in [0.1, 0.15) is 5.54 Å². The summed E-state index contributed by atoms with van der Waals surface area (Å²) in [7, 11) is 0. The van der Waals surface area contributed by atoms with Gasteiger partial charge in [-0.05, 0) is 31.6 Å². The Hall–Kier alpha value is -0.570. The third-order valence-corrected chi connectivity index (χ3v) is 2.74. The van der Waals surface area contributed by atoms with E-state index in [0.717, 1.165) is 12.8 Å². The SMILES string of the molecule is CC(C1CC1)C(C)(N)C(=O)O. The predicted molar refractivity (Wildman–Crippen MR) is 42.1 cm³/mol. The van der Waals surface area contributed by atoms with E-state index >= 15 is 0 Å². The van der Waals surface area contributed by atoms with Gasteiger partial charge in [0.25, 0.3) is 0 Å². The van der Waals surface area contributed by atoms with E-state index in [-0.39, 0.29) is 5.92 Å². The molecule has 0 bridgehead atoms. The summed E-state index contributed by atoms with van der Waals surface area (Å²) >= 11 is 0. The van der Waals surface area contributed by atoms with Crippen LogP contribution in [-0.4, -0.2) is 16.6 Å². The molecule has 0 heterocycles. The minimum Gasteiger partial charge on any atom is -0.480 e. The zero-order chi connectivity index (χ0) is 8.65. The van der Waals surface area contributed by atoms with Gasteiger partial charge in [-0.2, -0.15) is 0 Å². The number of carboxylic acids is 1. The second-order valence-corrected chi connectivity index (χ2v) is 3.71. The first-order chi connectivity index (χ1) is 4.96. The van der Waals surface area contributed by atoms with Crippen molar-refractivity contribution in [1.82, 2.24) is 0 Å². The first kappa shape index (κ1) is 8.53. The molecule has 0 spiro atoms. The van der Waals surface area contributed by atoms with Crippen LogP contribution in [0.25, 0.3) is 0 Å². The Morgan fingerprint density at radius 3 is 2.45 bits per heavy atom. The fourth-order valence-corrected chi connectivity index (χ4v) is 1.28. The molecule has 3 N–H and O–H groups in total. The largest absolute Gasteiger partial charge is 0.480 e. The van der Waals surface area contributed by atoms with Crippen molar-refractivity contribution < 1.29 is 9.90 Å². The van der Waals surface area contributed by atoms with E-state index in [1.807, 2.05) is 6.92 Å². The average molecular weight is 157 g/mol. The van der Waals surface area contributed by atoms with Gasteiger partial charge in [0.05, 0.1) is 0 Å².